The number of nitrogens with zero attached hydrogens (tertiary/aromatic N) is 3. The molecule has 4 rings (SSSR count). The second-order valence-electron chi connectivity index (χ2n) is 6.90. The number of benzene rings is 2. The number of aromatic hydroxyl groups is 1. The van der Waals surface area contributed by atoms with Crippen LogP contribution in [-0.2, 0) is 0 Å². The van der Waals surface area contributed by atoms with Gasteiger partial charge >= 0.3 is 0 Å². The minimum atomic E-state index is -0.601. The van der Waals surface area contributed by atoms with E-state index in [0.29, 0.717) is 11.4 Å². The van der Waals surface area contributed by atoms with Gasteiger partial charge in [0.2, 0.25) is 5.88 Å². The summed E-state index contributed by atoms with van der Waals surface area (Å²) in [5.74, 6) is -1.01. The lowest BCUT2D eigenvalue weighted by Gasteiger charge is -2.17. The van der Waals surface area contributed by atoms with E-state index >= 15 is 0 Å². The van der Waals surface area contributed by atoms with Crippen molar-refractivity contribution < 1.29 is 9.50 Å². The largest absolute Gasteiger partial charge is 0.494 e. The second kappa shape index (κ2) is 8.41. The lowest BCUT2D eigenvalue weighted by molar-refractivity contribution is 0.432. The first kappa shape index (κ1) is 20.3. The Kier molecular flexibility index (Phi) is 5.69. The van der Waals surface area contributed by atoms with Crippen LogP contribution in [0.3, 0.4) is 0 Å². The van der Waals surface area contributed by atoms with Crippen molar-refractivity contribution in [3.8, 4) is 11.6 Å². The zero-order valence-electron chi connectivity index (χ0n) is 15.8. The molecule has 154 valence electrons. The third-order valence-corrected chi connectivity index (χ3v) is 5.50. The van der Waals surface area contributed by atoms with E-state index in [9.17, 15) is 14.3 Å². The standard InChI is InChI=1S/C21H18ClFN4O2S/c22-17-11-15(6-7-18(17)23)27-20(29)16(19(28)25-21(27)30)12-24-13-4-3-5-14(10-13)26-8-1-2-9-26/h3-7,10-12,29H,1-2,8-9H2,(H,25,28,30). The molecule has 1 aromatic heterocycles. The van der Waals surface area contributed by atoms with Crippen LogP contribution in [0.4, 0.5) is 15.8 Å². The Labute approximate surface area is 181 Å². The summed E-state index contributed by atoms with van der Waals surface area (Å²) in [7, 11) is 0. The summed E-state index contributed by atoms with van der Waals surface area (Å²) < 4.78 is 14.7. The summed E-state index contributed by atoms with van der Waals surface area (Å²) in [5, 5.41) is 10.6. The number of halogens is 2. The highest BCUT2D eigenvalue weighted by molar-refractivity contribution is 7.71. The van der Waals surface area contributed by atoms with E-state index in [2.05, 4.69) is 14.9 Å². The highest BCUT2D eigenvalue weighted by atomic mass is 35.5. The van der Waals surface area contributed by atoms with Gasteiger partial charge in [0.05, 0.1) is 16.4 Å². The summed E-state index contributed by atoms with van der Waals surface area (Å²) in [6.45, 7) is 2.02. The van der Waals surface area contributed by atoms with E-state index in [-0.39, 0.29) is 15.4 Å². The number of H-pyrrole nitrogens is 1. The lowest BCUT2D eigenvalue weighted by atomic mass is 10.2. The summed E-state index contributed by atoms with van der Waals surface area (Å²) >= 11 is 11.0. The predicted octanol–water partition coefficient (Wildman–Crippen LogP) is 4.74. The molecule has 1 fully saturated rings. The van der Waals surface area contributed by atoms with Crippen molar-refractivity contribution in [3.05, 3.63) is 74.0 Å². The Hall–Kier alpha value is -2.97. The van der Waals surface area contributed by atoms with Crippen LogP contribution in [0.5, 0.6) is 5.88 Å². The normalized spacial score (nSPS) is 14.0. The van der Waals surface area contributed by atoms with E-state index in [4.69, 9.17) is 23.8 Å². The van der Waals surface area contributed by atoms with E-state index < -0.39 is 17.3 Å². The van der Waals surface area contributed by atoms with Gasteiger partial charge in [0.1, 0.15) is 11.4 Å². The Bertz CT molecular complexity index is 1250. The van der Waals surface area contributed by atoms with Crippen molar-refractivity contribution in [2.75, 3.05) is 18.0 Å². The molecule has 0 unspecified atom stereocenters. The van der Waals surface area contributed by atoms with Crippen LogP contribution in [0.15, 0.2) is 52.3 Å². The zero-order chi connectivity index (χ0) is 21.3. The van der Waals surface area contributed by atoms with Gasteiger partial charge in [-0.2, -0.15) is 0 Å². The number of rotatable bonds is 4. The molecule has 0 spiro atoms. The average molecular weight is 445 g/mol. The lowest BCUT2D eigenvalue weighted by Crippen LogP contribution is -2.18. The van der Waals surface area contributed by atoms with E-state index in [1.165, 1.54) is 22.9 Å². The van der Waals surface area contributed by atoms with Gasteiger partial charge in [-0.05, 0) is 61.5 Å². The Morgan fingerprint density at radius 2 is 1.93 bits per heavy atom. The Morgan fingerprint density at radius 1 is 1.17 bits per heavy atom. The smallest absolute Gasteiger partial charge is 0.264 e. The Morgan fingerprint density at radius 3 is 2.67 bits per heavy atom. The van der Waals surface area contributed by atoms with Gasteiger partial charge in [0, 0.05) is 25.0 Å². The van der Waals surface area contributed by atoms with Crippen molar-refractivity contribution in [3.63, 3.8) is 0 Å². The maximum absolute atomic E-state index is 13.5. The third kappa shape index (κ3) is 4.01. The number of hydrogen-bond acceptors (Lipinski definition) is 5. The number of aromatic nitrogens is 2. The summed E-state index contributed by atoms with van der Waals surface area (Å²) in [4.78, 5) is 21.5. The molecule has 2 aromatic carbocycles. The maximum atomic E-state index is 13.5. The van der Waals surface area contributed by atoms with Gasteiger partial charge in [0.25, 0.3) is 5.56 Å². The van der Waals surface area contributed by atoms with Crippen molar-refractivity contribution in [2.45, 2.75) is 12.8 Å². The molecule has 0 aliphatic carbocycles. The maximum Gasteiger partial charge on any atom is 0.264 e. The van der Waals surface area contributed by atoms with Crippen LogP contribution in [0.25, 0.3) is 5.69 Å². The van der Waals surface area contributed by atoms with Crippen molar-refractivity contribution in [1.82, 2.24) is 9.55 Å². The van der Waals surface area contributed by atoms with Crippen LogP contribution >= 0.6 is 23.8 Å². The highest BCUT2D eigenvalue weighted by Crippen LogP contribution is 2.26. The molecule has 1 aliphatic rings. The summed E-state index contributed by atoms with van der Waals surface area (Å²) in [6.07, 6.45) is 3.61. The summed E-state index contributed by atoms with van der Waals surface area (Å²) in [5.41, 5.74) is 1.37. The van der Waals surface area contributed by atoms with E-state index in [0.717, 1.165) is 37.7 Å². The quantitative estimate of drug-likeness (QED) is 0.450. The Balaban J connectivity index is 1.73. The van der Waals surface area contributed by atoms with Crippen molar-refractivity contribution in [2.24, 2.45) is 4.99 Å². The van der Waals surface area contributed by atoms with Gasteiger partial charge in [-0.1, -0.05) is 17.7 Å². The summed E-state index contributed by atoms with van der Waals surface area (Å²) in [6, 6.07) is 11.5. The fourth-order valence-electron chi connectivity index (χ4n) is 3.40. The number of nitrogens with one attached hydrogen (secondary N) is 1. The highest BCUT2D eigenvalue weighted by Gasteiger charge is 2.15. The first-order valence-electron chi connectivity index (χ1n) is 9.37. The molecule has 0 saturated carbocycles. The molecular formula is C21H18ClFN4O2S. The number of aromatic amines is 1. The van der Waals surface area contributed by atoms with Gasteiger partial charge in [-0.3, -0.25) is 19.3 Å². The third-order valence-electron chi connectivity index (χ3n) is 4.93. The molecule has 0 atom stereocenters. The molecule has 1 aliphatic heterocycles. The van der Waals surface area contributed by atoms with Crippen LogP contribution in [0, 0.1) is 10.6 Å². The minimum absolute atomic E-state index is 0.0478. The molecule has 0 bridgehead atoms. The van der Waals surface area contributed by atoms with Gasteiger partial charge < -0.3 is 10.0 Å². The van der Waals surface area contributed by atoms with E-state index in [1.807, 2.05) is 24.3 Å². The van der Waals surface area contributed by atoms with Gasteiger partial charge in [-0.15, -0.1) is 0 Å². The molecule has 1 saturated heterocycles. The predicted molar refractivity (Wildman–Crippen MR) is 119 cm³/mol. The van der Waals surface area contributed by atoms with Crippen LogP contribution in [0.1, 0.15) is 18.4 Å². The SMILES string of the molecule is O=c1[nH]c(=S)n(-c2ccc(F)c(Cl)c2)c(O)c1C=Nc1cccc(N2CCCC2)c1. The topological polar surface area (TPSA) is 73.6 Å². The van der Waals surface area contributed by atoms with Crippen LogP contribution in [-0.4, -0.2) is 34.0 Å². The van der Waals surface area contributed by atoms with Crippen molar-refractivity contribution >= 4 is 41.4 Å². The van der Waals surface area contributed by atoms with Crippen LogP contribution < -0.4 is 10.5 Å². The fraction of sp³-hybridized carbons (Fsp3) is 0.190. The second-order valence-corrected chi connectivity index (χ2v) is 7.70. The molecule has 3 aromatic rings. The molecule has 6 nitrogen and oxygen atoms in total. The molecule has 0 radical (unpaired) electrons. The number of hydrogen-bond donors (Lipinski definition) is 2. The fourth-order valence-corrected chi connectivity index (χ4v) is 3.86. The monoisotopic (exact) mass is 444 g/mol. The molecule has 0 amide bonds. The van der Waals surface area contributed by atoms with Gasteiger partial charge in [-0.25, -0.2) is 4.39 Å². The number of anilines is 1. The molecule has 2 heterocycles. The first-order valence-corrected chi connectivity index (χ1v) is 10.2. The molecular weight excluding hydrogens is 427 g/mol. The minimum Gasteiger partial charge on any atom is -0.494 e. The number of aliphatic imine (C=N–C) groups is 1. The molecule has 30 heavy (non-hydrogen) atoms. The average Bonchev–Trinajstić information content (AvgIpc) is 3.25. The van der Waals surface area contributed by atoms with Crippen molar-refractivity contribution in [1.29, 1.82) is 0 Å². The molecule has 9 heteroatoms. The molecule has 2 N–H and O–H groups in total. The van der Waals surface area contributed by atoms with E-state index in [1.54, 1.807) is 0 Å². The van der Waals surface area contributed by atoms with Crippen LogP contribution in [0.2, 0.25) is 5.02 Å². The first-order chi connectivity index (χ1) is 14.4. The van der Waals surface area contributed by atoms with Gasteiger partial charge in [0.15, 0.2) is 4.77 Å². The zero-order valence-corrected chi connectivity index (χ0v) is 17.4.